The van der Waals surface area contributed by atoms with Crippen LogP contribution in [-0.2, 0) is 16.1 Å². The van der Waals surface area contributed by atoms with Crippen LogP contribution in [0.25, 0.3) is 0 Å². The molecule has 0 spiro atoms. The molecule has 172 valence electrons. The topological polar surface area (TPSA) is 108 Å². The standard InChI is InChI=1S/C23H25N5O5/c1-31-18-11-17(12-19(32-2)22(18)33-3)28-13-15(10-21(28)29)23(30)25-20-7-9-27(26-20)14-16-6-4-5-8-24-16/h4-9,11-12,15H,10,13-14H2,1-3H3,(H,25,26,30). The number of benzene rings is 1. The number of carbonyl (C=O) groups is 2. The minimum Gasteiger partial charge on any atom is -0.493 e. The Hall–Kier alpha value is -4.08. The Bertz CT molecular complexity index is 1120. The van der Waals surface area contributed by atoms with E-state index in [2.05, 4.69) is 15.4 Å². The van der Waals surface area contributed by atoms with Crippen LogP contribution in [0.4, 0.5) is 11.5 Å². The zero-order valence-corrected chi connectivity index (χ0v) is 18.6. The second kappa shape index (κ2) is 9.60. The van der Waals surface area contributed by atoms with E-state index in [0.717, 1.165) is 5.69 Å². The van der Waals surface area contributed by atoms with Crippen molar-refractivity contribution in [3.05, 3.63) is 54.5 Å². The molecule has 4 rings (SSSR count). The number of hydrogen-bond donors (Lipinski definition) is 1. The molecule has 1 aliphatic heterocycles. The zero-order chi connectivity index (χ0) is 23.4. The third-order valence-corrected chi connectivity index (χ3v) is 5.40. The largest absolute Gasteiger partial charge is 0.493 e. The highest BCUT2D eigenvalue weighted by Crippen LogP contribution is 2.42. The molecule has 1 fully saturated rings. The maximum Gasteiger partial charge on any atom is 0.231 e. The first kappa shape index (κ1) is 22.1. The summed E-state index contributed by atoms with van der Waals surface area (Å²) in [6.07, 6.45) is 3.59. The number of rotatable bonds is 8. The van der Waals surface area contributed by atoms with Gasteiger partial charge in [-0.25, -0.2) is 0 Å². The molecule has 1 atom stereocenters. The normalized spacial score (nSPS) is 15.4. The molecule has 1 N–H and O–H groups in total. The van der Waals surface area contributed by atoms with Gasteiger partial charge >= 0.3 is 0 Å². The Morgan fingerprint density at radius 1 is 1.12 bits per heavy atom. The number of pyridine rings is 1. The van der Waals surface area contributed by atoms with Crippen molar-refractivity contribution in [2.24, 2.45) is 5.92 Å². The molecule has 3 heterocycles. The number of amides is 2. The molecule has 10 nitrogen and oxygen atoms in total. The molecule has 0 bridgehead atoms. The third-order valence-electron chi connectivity index (χ3n) is 5.40. The molecule has 1 saturated heterocycles. The summed E-state index contributed by atoms with van der Waals surface area (Å²) in [6, 6.07) is 10.8. The average Bonchev–Trinajstić information content (AvgIpc) is 3.44. The molecule has 0 aliphatic carbocycles. The summed E-state index contributed by atoms with van der Waals surface area (Å²) in [5.41, 5.74) is 1.44. The van der Waals surface area contributed by atoms with E-state index in [0.29, 0.717) is 35.3 Å². The lowest BCUT2D eigenvalue weighted by Gasteiger charge is -2.20. The van der Waals surface area contributed by atoms with Crippen molar-refractivity contribution in [1.82, 2.24) is 14.8 Å². The van der Waals surface area contributed by atoms with Crippen molar-refractivity contribution in [3.8, 4) is 17.2 Å². The monoisotopic (exact) mass is 451 g/mol. The number of methoxy groups -OCH3 is 3. The summed E-state index contributed by atoms with van der Waals surface area (Å²) in [6.45, 7) is 0.728. The van der Waals surface area contributed by atoms with Crippen molar-refractivity contribution in [2.75, 3.05) is 38.1 Å². The number of carbonyl (C=O) groups excluding carboxylic acids is 2. The van der Waals surface area contributed by atoms with Crippen molar-refractivity contribution >= 4 is 23.3 Å². The quantitative estimate of drug-likeness (QED) is 0.560. The number of anilines is 2. The van der Waals surface area contributed by atoms with E-state index < -0.39 is 5.92 Å². The molecule has 3 aromatic rings. The first-order valence-corrected chi connectivity index (χ1v) is 10.4. The van der Waals surface area contributed by atoms with Crippen LogP contribution in [0.3, 0.4) is 0 Å². The van der Waals surface area contributed by atoms with Gasteiger partial charge in [0.2, 0.25) is 17.6 Å². The molecule has 2 amide bonds. The SMILES string of the molecule is COc1cc(N2CC(C(=O)Nc3ccn(Cc4ccccn4)n3)CC2=O)cc(OC)c1OC. The van der Waals surface area contributed by atoms with Gasteiger partial charge in [-0.2, -0.15) is 5.10 Å². The molecular weight excluding hydrogens is 426 g/mol. The van der Waals surface area contributed by atoms with Gasteiger partial charge in [-0.15, -0.1) is 0 Å². The molecule has 1 aromatic carbocycles. The number of nitrogens with zero attached hydrogens (tertiary/aromatic N) is 4. The maximum absolute atomic E-state index is 12.8. The average molecular weight is 451 g/mol. The number of ether oxygens (including phenoxy) is 3. The van der Waals surface area contributed by atoms with Gasteiger partial charge < -0.3 is 24.4 Å². The lowest BCUT2D eigenvalue weighted by atomic mass is 10.1. The Kier molecular flexibility index (Phi) is 6.43. The van der Waals surface area contributed by atoms with Crippen LogP contribution in [0.2, 0.25) is 0 Å². The lowest BCUT2D eigenvalue weighted by molar-refractivity contribution is -0.122. The Labute approximate surface area is 191 Å². The van der Waals surface area contributed by atoms with E-state index >= 15 is 0 Å². The Morgan fingerprint density at radius 3 is 2.52 bits per heavy atom. The highest BCUT2D eigenvalue weighted by atomic mass is 16.5. The second-order valence-corrected chi connectivity index (χ2v) is 7.50. The van der Waals surface area contributed by atoms with Gasteiger partial charge in [-0.1, -0.05) is 6.07 Å². The molecule has 1 unspecified atom stereocenters. The fourth-order valence-electron chi connectivity index (χ4n) is 3.76. The van der Waals surface area contributed by atoms with Gasteiger partial charge in [0.1, 0.15) is 0 Å². The van der Waals surface area contributed by atoms with Gasteiger partial charge in [0.05, 0.1) is 45.2 Å². The van der Waals surface area contributed by atoms with Gasteiger partial charge in [0, 0.05) is 43.6 Å². The minimum absolute atomic E-state index is 0.0944. The van der Waals surface area contributed by atoms with Gasteiger partial charge in [-0.3, -0.25) is 19.3 Å². The number of aromatic nitrogens is 3. The predicted molar refractivity (Wildman–Crippen MR) is 121 cm³/mol. The summed E-state index contributed by atoms with van der Waals surface area (Å²) in [5, 5.41) is 7.18. The fourth-order valence-corrected chi connectivity index (χ4v) is 3.76. The van der Waals surface area contributed by atoms with Crippen molar-refractivity contribution in [1.29, 1.82) is 0 Å². The zero-order valence-electron chi connectivity index (χ0n) is 18.6. The van der Waals surface area contributed by atoms with E-state index in [1.807, 2.05) is 18.2 Å². The molecule has 33 heavy (non-hydrogen) atoms. The summed E-state index contributed by atoms with van der Waals surface area (Å²) < 4.78 is 17.8. The molecule has 1 aliphatic rings. The van der Waals surface area contributed by atoms with E-state index in [1.165, 1.54) is 21.3 Å². The first-order valence-electron chi connectivity index (χ1n) is 10.4. The number of hydrogen-bond acceptors (Lipinski definition) is 7. The van der Waals surface area contributed by atoms with Crippen LogP contribution in [0, 0.1) is 5.92 Å². The van der Waals surface area contributed by atoms with Crippen LogP contribution in [0.15, 0.2) is 48.8 Å². The van der Waals surface area contributed by atoms with E-state index in [4.69, 9.17) is 14.2 Å². The van der Waals surface area contributed by atoms with Gasteiger partial charge in [0.15, 0.2) is 17.3 Å². The Balaban J connectivity index is 1.44. The number of nitrogens with one attached hydrogen (secondary N) is 1. The van der Waals surface area contributed by atoms with Crippen molar-refractivity contribution in [2.45, 2.75) is 13.0 Å². The van der Waals surface area contributed by atoms with Crippen LogP contribution >= 0.6 is 0 Å². The van der Waals surface area contributed by atoms with E-state index in [9.17, 15) is 9.59 Å². The van der Waals surface area contributed by atoms with E-state index in [-0.39, 0.29) is 24.8 Å². The Morgan fingerprint density at radius 2 is 1.88 bits per heavy atom. The van der Waals surface area contributed by atoms with Crippen molar-refractivity contribution < 1.29 is 23.8 Å². The van der Waals surface area contributed by atoms with Crippen LogP contribution < -0.4 is 24.4 Å². The third kappa shape index (κ3) is 4.74. The minimum atomic E-state index is -0.516. The predicted octanol–water partition coefficient (Wildman–Crippen LogP) is 2.34. The first-order chi connectivity index (χ1) is 16.0. The maximum atomic E-state index is 12.8. The molecular formula is C23H25N5O5. The molecule has 2 aromatic heterocycles. The second-order valence-electron chi connectivity index (χ2n) is 7.50. The van der Waals surface area contributed by atoms with Crippen LogP contribution in [0.1, 0.15) is 12.1 Å². The molecule has 0 radical (unpaired) electrons. The van der Waals surface area contributed by atoms with E-state index in [1.54, 1.807) is 40.2 Å². The van der Waals surface area contributed by atoms with Gasteiger partial charge in [-0.05, 0) is 12.1 Å². The summed E-state index contributed by atoms with van der Waals surface area (Å²) in [5.74, 6) is 0.793. The van der Waals surface area contributed by atoms with Gasteiger partial charge in [0.25, 0.3) is 0 Å². The smallest absolute Gasteiger partial charge is 0.231 e. The summed E-state index contributed by atoms with van der Waals surface area (Å²) in [4.78, 5) is 31.4. The summed E-state index contributed by atoms with van der Waals surface area (Å²) in [7, 11) is 4.53. The lowest BCUT2D eigenvalue weighted by Crippen LogP contribution is -2.28. The highest BCUT2D eigenvalue weighted by molar-refractivity contribution is 6.03. The molecule has 0 saturated carbocycles. The highest BCUT2D eigenvalue weighted by Gasteiger charge is 2.36. The van der Waals surface area contributed by atoms with Crippen LogP contribution in [0.5, 0.6) is 17.2 Å². The van der Waals surface area contributed by atoms with Crippen molar-refractivity contribution in [3.63, 3.8) is 0 Å². The molecule has 10 heteroatoms. The summed E-state index contributed by atoms with van der Waals surface area (Å²) >= 11 is 0. The fraction of sp³-hybridized carbons (Fsp3) is 0.304. The van der Waals surface area contributed by atoms with Crippen LogP contribution in [-0.4, -0.2) is 54.5 Å².